The molecule has 1 amide bonds. The van der Waals surface area contributed by atoms with Crippen molar-refractivity contribution in [3.63, 3.8) is 0 Å². The Morgan fingerprint density at radius 3 is 2.52 bits per heavy atom. The molecule has 1 aromatic carbocycles. The smallest absolute Gasteiger partial charge is 0.357 e. The summed E-state index contributed by atoms with van der Waals surface area (Å²) in [6.45, 7) is 5.89. The number of carbonyl (C=O) groups excluding carboxylic acids is 2. The first-order chi connectivity index (χ1) is 9.99. The van der Waals surface area contributed by atoms with Crippen molar-refractivity contribution in [2.45, 2.75) is 20.8 Å². The van der Waals surface area contributed by atoms with Gasteiger partial charge in [0.15, 0.2) is 10.8 Å². The van der Waals surface area contributed by atoms with Crippen molar-refractivity contribution in [1.29, 1.82) is 0 Å². The van der Waals surface area contributed by atoms with E-state index >= 15 is 0 Å². The number of esters is 1. The van der Waals surface area contributed by atoms with Crippen molar-refractivity contribution in [2.24, 2.45) is 0 Å². The second-order valence-corrected chi connectivity index (χ2v) is 5.45. The number of hydrogen-bond donors (Lipinski definition) is 1. The molecule has 0 saturated heterocycles. The number of nitrogens with one attached hydrogen (secondary N) is 1. The molecule has 110 valence electrons. The number of anilines is 1. The molecule has 0 unspecified atom stereocenters. The van der Waals surface area contributed by atoms with Crippen LogP contribution in [0.1, 0.15) is 38.9 Å². The third-order valence-electron chi connectivity index (χ3n) is 2.69. The van der Waals surface area contributed by atoms with Gasteiger partial charge in [-0.05, 0) is 32.9 Å². The summed E-state index contributed by atoms with van der Waals surface area (Å²) in [6.07, 6.45) is 0. The third kappa shape index (κ3) is 3.88. The van der Waals surface area contributed by atoms with Gasteiger partial charge in [0.1, 0.15) is 0 Å². The molecule has 0 spiro atoms. The Labute approximate surface area is 127 Å². The molecule has 1 heterocycles. The molecule has 6 heteroatoms. The summed E-state index contributed by atoms with van der Waals surface area (Å²) in [5.41, 5.74) is 2.82. The van der Waals surface area contributed by atoms with E-state index in [0.717, 1.165) is 11.1 Å². The highest BCUT2D eigenvalue weighted by atomic mass is 32.1. The molecule has 0 saturated carbocycles. The molecule has 2 rings (SSSR count). The van der Waals surface area contributed by atoms with Crippen LogP contribution in [0.2, 0.25) is 0 Å². The van der Waals surface area contributed by atoms with Gasteiger partial charge in [-0.25, -0.2) is 9.78 Å². The van der Waals surface area contributed by atoms with Gasteiger partial charge in [0.2, 0.25) is 0 Å². The maximum Gasteiger partial charge on any atom is 0.357 e. The molecule has 0 aliphatic heterocycles. The molecular weight excluding hydrogens is 288 g/mol. The SMILES string of the molecule is CCOC(=O)c1csc(NC(=O)c2cc(C)cc(C)c2)n1. The lowest BCUT2D eigenvalue weighted by atomic mass is 10.1. The fraction of sp³-hybridized carbons (Fsp3) is 0.267. The van der Waals surface area contributed by atoms with E-state index in [2.05, 4.69) is 10.3 Å². The summed E-state index contributed by atoms with van der Waals surface area (Å²) in [6, 6.07) is 5.61. The molecule has 2 aromatic rings. The molecule has 0 aliphatic carbocycles. The summed E-state index contributed by atoms with van der Waals surface area (Å²) in [7, 11) is 0. The lowest BCUT2D eigenvalue weighted by molar-refractivity contribution is 0.0520. The second kappa shape index (κ2) is 6.49. The lowest BCUT2D eigenvalue weighted by Crippen LogP contribution is -2.12. The molecule has 21 heavy (non-hydrogen) atoms. The van der Waals surface area contributed by atoms with Gasteiger partial charge in [0.25, 0.3) is 5.91 Å². The first kappa shape index (κ1) is 15.2. The van der Waals surface area contributed by atoms with Crippen molar-refractivity contribution >= 4 is 28.3 Å². The molecule has 1 aromatic heterocycles. The van der Waals surface area contributed by atoms with Crippen molar-refractivity contribution in [3.05, 3.63) is 46.0 Å². The number of ether oxygens (including phenoxy) is 1. The molecule has 1 N–H and O–H groups in total. The Morgan fingerprint density at radius 1 is 1.24 bits per heavy atom. The number of hydrogen-bond acceptors (Lipinski definition) is 5. The van der Waals surface area contributed by atoms with Crippen molar-refractivity contribution < 1.29 is 14.3 Å². The van der Waals surface area contributed by atoms with Crippen LogP contribution in [0.15, 0.2) is 23.6 Å². The molecule has 0 radical (unpaired) electrons. The average Bonchev–Trinajstić information content (AvgIpc) is 2.86. The van der Waals surface area contributed by atoms with Crippen LogP contribution in [0.4, 0.5) is 5.13 Å². The number of thiazole rings is 1. The number of benzene rings is 1. The maximum atomic E-state index is 12.2. The fourth-order valence-corrected chi connectivity index (χ4v) is 2.58. The highest BCUT2D eigenvalue weighted by molar-refractivity contribution is 7.14. The number of rotatable bonds is 4. The van der Waals surface area contributed by atoms with Crippen LogP contribution in [-0.2, 0) is 4.74 Å². The Hall–Kier alpha value is -2.21. The average molecular weight is 304 g/mol. The summed E-state index contributed by atoms with van der Waals surface area (Å²) >= 11 is 1.19. The molecule has 5 nitrogen and oxygen atoms in total. The van der Waals surface area contributed by atoms with E-state index < -0.39 is 5.97 Å². The first-order valence-electron chi connectivity index (χ1n) is 6.52. The van der Waals surface area contributed by atoms with E-state index in [0.29, 0.717) is 17.3 Å². The van der Waals surface area contributed by atoms with Gasteiger partial charge in [-0.1, -0.05) is 17.2 Å². The number of aryl methyl sites for hydroxylation is 2. The summed E-state index contributed by atoms with van der Waals surface area (Å²) < 4.78 is 4.85. The summed E-state index contributed by atoms with van der Waals surface area (Å²) in [4.78, 5) is 27.7. The van der Waals surface area contributed by atoms with Crippen molar-refractivity contribution in [1.82, 2.24) is 4.98 Å². The first-order valence-corrected chi connectivity index (χ1v) is 7.40. The van der Waals surface area contributed by atoms with E-state index in [1.165, 1.54) is 11.3 Å². The van der Waals surface area contributed by atoms with E-state index in [4.69, 9.17) is 4.74 Å². The van der Waals surface area contributed by atoms with E-state index in [9.17, 15) is 9.59 Å². The van der Waals surface area contributed by atoms with Crippen LogP contribution >= 0.6 is 11.3 Å². The topological polar surface area (TPSA) is 68.3 Å². The Morgan fingerprint density at radius 2 is 1.90 bits per heavy atom. The van der Waals surface area contributed by atoms with Crippen LogP contribution in [-0.4, -0.2) is 23.5 Å². The zero-order chi connectivity index (χ0) is 15.4. The normalized spacial score (nSPS) is 10.2. The van der Waals surface area contributed by atoms with Gasteiger partial charge in [-0.2, -0.15) is 0 Å². The van der Waals surface area contributed by atoms with Crippen LogP contribution in [0.25, 0.3) is 0 Å². The third-order valence-corrected chi connectivity index (χ3v) is 3.45. The molecule has 0 bridgehead atoms. The molecular formula is C15H16N2O3S. The van der Waals surface area contributed by atoms with E-state index in [1.54, 1.807) is 12.3 Å². The maximum absolute atomic E-state index is 12.2. The van der Waals surface area contributed by atoms with Crippen LogP contribution in [0, 0.1) is 13.8 Å². The highest BCUT2D eigenvalue weighted by Gasteiger charge is 2.14. The quantitative estimate of drug-likeness (QED) is 0.881. The van der Waals surface area contributed by atoms with Gasteiger partial charge < -0.3 is 4.74 Å². The highest BCUT2D eigenvalue weighted by Crippen LogP contribution is 2.18. The predicted molar refractivity (Wildman–Crippen MR) is 81.9 cm³/mol. The lowest BCUT2D eigenvalue weighted by Gasteiger charge is -2.04. The van der Waals surface area contributed by atoms with Crippen molar-refractivity contribution in [2.75, 3.05) is 11.9 Å². The van der Waals surface area contributed by atoms with Crippen LogP contribution in [0.3, 0.4) is 0 Å². The van der Waals surface area contributed by atoms with Crippen molar-refractivity contribution in [3.8, 4) is 0 Å². The zero-order valence-electron chi connectivity index (χ0n) is 12.1. The second-order valence-electron chi connectivity index (χ2n) is 4.59. The van der Waals surface area contributed by atoms with Gasteiger partial charge in [0.05, 0.1) is 6.61 Å². The minimum absolute atomic E-state index is 0.206. The number of aromatic nitrogens is 1. The van der Waals surface area contributed by atoms with E-state index in [-0.39, 0.29) is 11.6 Å². The molecule has 0 aliphatic rings. The Bertz CT molecular complexity index is 659. The van der Waals surface area contributed by atoms with Gasteiger partial charge in [-0.3, -0.25) is 10.1 Å². The minimum Gasteiger partial charge on any atom is -0.461 e. The van der Waals surface area contributed by atoms with Gasteiger partial charge in [-0.15, -0.1) is 11.3 Å². The minimum atomic E-state index is -0.486. The monoisotopic (exact) mass is 304 g/mol. The standard InChI is InChI=1S/C15H16N2O3S/c1-4-20-14(19)12-8-21-15(16-12)17-13(18)11-6-9(2)5-10(3)7-11/h5-8H,4H2,1-3H3,(H,16,17,18). The fourth-order valence-electron chi connectivity index (χ4n) is 1.91. The predicted octanol–water partition coefficient (Wildman–Crippen LogP) is 3.19. The molecule has 0 atom stereocenters. The Balaban J connectivity index is 2.11. The van der Waals surface area contributed by atoms with E-state index in [1.807, 2.05) is 32.0 Å². The summed E-state index contributed by atoms with van der Waals surface area (Å²) in [5.74, 6) is -0.729. The van der Waals surface area contributed by atoms with Crippen LogP contribution < -0.4 is 5.32 Å². The number of carbonyl (C=O) groups is 2. The largest absolute Gasteiger partial charge is 0.461 e. The Kier molecular flexibility index (Phi) is 4.70. The molecule has 0 fully saturated rings. The van der Waals surface area contributed by atoms with Gasteiger partial charge in [0, 0.05) is 10.9 Å². The zero-order valence-corrected chi connectivity index (χ0v) is 12.9. The summed E-state index contributed by atoms with van der Waals surface area (Å²) in [5, 5.41) is 4.63. The number of nitrogens with zero attached hydrogens (tertiary/aromatic N) is 1. The van der Waals surface area contributed by atoms with Gasteiger partial charge >= 0.3 is 5.97 Å². The van der Waals surface area contributed by atoms with Crippen LogP contribution in [0.5, 0.6) is 0 Å². The number of amides is 1.